The van der Waals surface area contributed by atoms with Crippen molar-refractivity contribution in [2.75, 3.05) is 19.8 Å². The van der Waals surface area contributed by atoms with Gasteiger partial charge >= 0.3 is 0 Å². The second-order valence-electron chi connectivity index (χ2n) is 3.84. The molecule has 0 aliphatic rings. The van der Waals surface area contributed by atoms with Crippen LogP contribution in [0.2, 0.25) is 0 Å². The summed E-state index contributed by atoms with van der Waals surface area (Å²) in [6, 6.07) is 5.54. The first-order chi connectivity index (χ1) is 8.96. The molecule has 1 aromatic rings. The highest BCUT2D eigenvalue weighted by atomic mass is 32.2. The zero-order chi connectivity index (χ0) is 14.3. The van der Waals surface area contributed by atoms with Crippen LogP contribution in [0.15, 0.2) is 18.2 Å². The Labute approximate surface area is 114 Å². The normalized spacial score (nSPS) is 11.3. The van der Waals surface area contributed by atoms with Crippen molar-refractivity contribution in [3.63, 3.8) is 0 Å². The van der Waals surface area contributed by atoms with Gasteiger partial charge in [0.2, 0.25) is 0 Å². The number of benzene rings is 1. The molecule has 6 nitrogen and oxygen atoms in total. The van der Waals surface area contributed by atoms with Crippen molar-refractivity contribution in [2.24, 2.45) is 5.14 Å². The zero-order valence-electron chi connectivity index (χ0n) is 11.2. The third kappa shape index (κ3) is 5.91. The largest absolute Gasteiger partial charge is 0.490 e. The van der Waals surface area contributed by atoms with E-state index in [4.69, 9.17) is 14.6 Å². The van der Waals surface area contributed by atoms with Gasteiger partial charge in [-0.3, -0.25) is 0 Å². The Morgan fingerprint density at radius 1 is 1.16 bits per heavy atom. The second-order valence-corrected chi connectivity index (χ2v) is 5.22. The van der Waals surface area contributed by atoms with Gasteiger partial charge in [-0.05, 0) is 38.0 Å². The van der Waals surface area contributed by atoms with E-state index in [1.54, 1.807) is 0 Å². The Morgan fingerprint density at radius 2 is 1.79 bits per heavy atom. The predicted molar refractivity (Wildman–Crippen MR) is 73.6 cm³/mol. The highest BCUT2D eigenvalue weighted by molar-refractivity contribution is 7.87. The summed E-state index contributed by atoms with van der Waals surface area (Å²) in [7, 11) is -3.64. The molecular weight excluding hydrogens is 268 g/mol. The number of rotatable bonds is 8. The van der Waals surface area contributed by atoms with Crippen LogP contribution in [0.5, 0.6) is 11.5 Å². The van der Waals surface area contributed by atoms with Crippen molar-refractivity contribution in [3.05, 3.63) is 23.8 Å². The Bertz CT molecular complexity index is 502. The summed E-state index contributed by atoms with van der Waals surface area (Å²) in [4.78, 5) is 0. The Morgan fingerprint density at radius 3 is 2.37 bits per heavy atom. The van der Waals surface area contributed by atoms with Gasteiger partial charge in [-0.1, -0.05) is 6.07 Å². The number of hydrogen-bond donors (Lipinski definition) is 2. The van der Waals surface area contributed by atoms with Crippen LogP contribution in [0, 0.1) is 0 Å². The smallest absolute Gasteiger partial charge is 0.274 e. The summed E-state index contributed by atoms with van der Waals surface area (Å²) in [5, 5.41) is 4.86. The highest BCUT2D eigenvalue weighted by Gasteiger charge is 2.07. The summed E-state index contributed by atoms with van der Waals surface area (Å²) < 4.78 is 34.7. The van der Waals surface area contributed by atoms with E-state index >= 15 is 0 Å². The summed E-state index contributed by atoms with van der Waals surface area (Å²) >= 11 is 0. The standard InChI is InChI=1S/C12H20N2O4S/c1-3-17-11-6-5-10(9-12(11)18-4-2)7-8-14-19(13,15)16/h5-6,9,14H,3-4,7-8H2,1-2H3,(H2,13,15,16). The van der Waals surface area contributed by atoms with Crippen molar-refractivity contribution in [1.82, 2.24) is 4.72 Å². The fraction of sp³-hybridized carbons (Fsp3) is 0.500. The molecule has 0 saturated carbocycles. The molecule has 3 N–H and O–H groups in total. The molecule has 0 spiro atoms. The van der Waals surface area contributed by atoms with Crippen molar-refractivity contribution < 1.29 is 17.9 Å². The summed E-state index contributed by atoms with van der Waals surface area (Å²) in [5.74, 6) is 1.35. The van der Waals surface area contributed by atoms with E-state index in [0.717, 1.165) is 5.56 Å². The van der Waals surface area contributed by atoms with Crippen LogP contribution in [0.1, 0.15) is 19.4 Å². The highest BCUT2D eigenvalue weighted by Crippen LogP contribution is 2.28. The van der Waals surface area contributed by atoms with Crippen molar-refractivity contribution in [3.8, 4) is 11.5 Å². The molecular formula is C12H20N2O4S. The lowest BCUT2D eigenvalue weighted by atomic mass is 10.1. The molecule has 0 saturated heterocycles. The molecule has 0 bridgehead atoms. The van der Waals surface area contributed by atoms with Gasteiger partial charge in [0.1, 0.15) is 0 Å². The average Bonchev–Trinajstić information content (AvgIpc) is 2.31. The molecule has 0 amide bonds. The lowest BCUT2D eigenvalue weighted by Crippen LogP contribution is -2.32. The third-order valence-corrected chi connectivity index (χ3v) is 2.93. The first kappa shape index (κ1) is 15.7. The predicted octanol–water partition coefficient (Wildman–Crippen LogP) is 0.820. The van der Waals surface area contributed by atoms with E-state index in [0.29, 0.717) is 31.1 Å². The maximum absolute atomic E-state index is 10.8. The van der Waals surface area contributed by atoms with Crippen molar-refractivity contribution in [1.29, 1.82) is 0 Å². The molecule has 0 aliphatic carbocycles. The fourth-order valence-electron chi connectivity index (χ4n) is 1.59. The quantitative estimate of drug-likeness (QED) is 0.741. The summed E-state index contributed by atoms with van der Waals surface area (Å²) in [6.45, 7) is 5.15. The molecule has 7 heteroatoms. The van der Waals surface area contributed by atoms with E-state index in [1.807, 2.05) is 32.0 Å². The first-order valence-electron chi connectivity index (χ1n) is 6.12. The van der Waals surface area contributed by atoms with Crippen LogP contribution >= 0.6 is 0 Å². The maximum Gasteiger partial charge on any atom is 0.274 e. The van der Waals surface area contributed by atoms with E-state index in [2.05, 4.69) is 4.72 Å². The molecule has 0 unspecified atom stereocenters. The first-order valence-corrected chi connectivity index (χ1v) is 7.66. The Balaban J connectivity index is 2.71. The van der Waals surface area contributed by atoms with E-state index in [1.165, 1.54) is 0 Å². The molecule has 19 heavy (non-hydrogen) atoms. The lowest BCUT2D eigenvalue weighted by molar-refractivity contribution is 0.287. The SMILES string of the molecule is CCOc1ccc(CCNS(N)(=O)=O)cc1OCC. The van der Waals surface area contributed by atoms with Crippen molar-refractivity contribution in [2.45, 2.75) is 20.3 Å². The number of ether oxygens (including phenoxy) is 2. The molecule has 0 radical (unpaired) electrons. The number of nitrogens with one attached hydrogen (secondary N) is 1. The topological polar surface area (TPSA) is 90.6 Å². The van der Waals surface area contributed by atoms with Gasteiger partial charge < -0.3 is 9.47 Å². The molecule has 0 aliphatic heterocycles. The van der Waals surface area contributed by atoms with Gasteiger partial charge in [-0.15, -0.1) is 0 Å². The summed E-state index contributed by atoms with van der Waals surface area (Å²) in [6.07, 6.45) is 0.531. The van der Waals surface area contributed by atoms with Crippen LogP contribution in [-0.2, 0) is 16.6 Å². The minimum Gasteiger partial charge on any atom is -0.490 e. The third-order valence-electron chi connectivity index (χ3n) is 2.32. The number of hydrogen-bond acceptors (Lipinski definition) is 4. The van der Waals surface area contributed by atoms with E-state index < -0.39 is 10.2 Å². The Hall–Kier alpha value is -1.31. The lowest BCUT2D eigenvalue weighted by Gasteiger charge is -2.12. The van der Waals surface area contributed by atoms with Gasteiger partial charge in [0.25, 0.3) is 10.2 Å². The van der Waals surface area contributed by atoms with Gasteiger partial charge in [0.05, 0.1) is 13.2 Å². The van der Waals surface area contributed by atoms with Crippen LogP contribution in [-0.4, -0.2) is 28.2 Å². The fourth-order valence-corrected chi connectivity index (χ4v) is 1.98. The molecule has 108 valence electrons. The molecule has 0 aromatic heterocycles. The zero-order valence-corrected chi connectivity index (χ0v) is 12.0. The molecule has 0 atom stereocenters. The van der Waals surface area contributed by atoms with Crippen LogP contribution in [0.3, 0.4) is 0 Å². The molecule has 0 heterocycles. The van der Waals surface area contributed by atoms with Crippen molar-refractivity contribution >= 4 is 10.2 Å². The molecule has 0 fully saturated rings. The van der Waals surface area contributed by atoms with Crippen LogP contribution in [0.25, 0.3) is 0 Å². The van der Waals surface area contributed by atoms with Gasteiger partial charge in [-0.25, -0.2) is 9.86 Å². The number of nitrogens with two attached hydrogens (primary N) is 1. The van der Waals surface area contributed by atoms with Crippen LogP contribution in [0.4, 0.5) is 0 Å². The maximum atomic E-state index is 10.8. The second kappa shape index (κ2) is 7.32. The minimum atomic E-state index is -3.64. The van der Waals surface area contributed by atoms with Gasteiger partial charge in [0.15, 0.2) is 11.5 Å². The monoisotopic (exact) mass is 288 g/mol. The average molecular weight is 288 g/mol. The van der Waals surface area contributed by atoms with Gasteiger partial charge in [0, 0.05) is 6.54 Å². The van der Waals surface area contributed by atoms with E-state index in [-0.39, 0.29) is 6.54 Å². The van der Waals surface area contributed by atoms with Crippen LogP contribution < -0.4 is 19.3 Å². The molecule has 1 aromatic carbocycles. The molecule has 1 rings (SSSR count). The van der Waals surface area contributed by atoms with Gasteiger partial charge in [-0.2, -0.15) is 8.42 Å². The minimum absolute atomic E-state index is 0.248. The summed E-state index contributed by atoms with van der Waals surface area (Å²) in [5.41, 5.74) is 0.947. The Kier molecular flexibility index (Phi) is 6.07. The van der Waals surface area contributed by atoms with E-state index in [9.17, 15) is 8.42 Å².